The molecule has 9 saturated carbocycles. The normalized spacial score (nSPS) is 53.4. The van der Waals surface area contributed by atoms with Gasteiger partial charge in [-0.1, -0.05) is 109 Å². The molecule has 9 aliphatic rings. The standard InChI is InChI=1S/C42H68/c1-3-12-28(13-4-1)41-37-23-32-20-19-27-11-9-10-18-35(27)36(32)26-40(37)42(29-14-5-2-6-15-29)39-25-34-22-31-17-8-7-16-30(31)21-33(34)24-38(39)41/h27-42H,1-26H2. The molecule has 0 aromatic heterocycles. The second kappa shape index (κ2) is 12.0. The predicted molar refractivity (Wildman–Crippen MR) is 176 cm³/mol. The van der Waals surface area contributed by atoms with Crippen molar-refractivity contribution in [2.75, 3.05) is 0 Å². The summed E-state index contributed by atoms with van der Waals surface area (Å²) in [6.45, 7) is 0. The molecule has 0 bridgehead atoms. The molecule has 0 radical (unpaired) electrons. The first-order valence-electron chi connectivity index (χ1n) is 20.8. The zero-order valence-corrected chi connectivity index (χ0v) is 27.6. The van der Waals surface area contributed by atoms with E-state index in [0.717, 1.165) is 94.7 Å². The topological polar surface area (TPSA) is 0 Å². The number of fused-ring (bicyclic) bond motifs is 7. The van der Waals surface area contributed by atoms with E-state index in [-0.39, 0.29) is 0 Å². The zero-order valence-electron chi connectivity index (χ0n) is 27.6. The van der Waals surface area contributed by atoms with Gasteiger partial charge in [0.15, 0.2) is 0 Å². The molecule has 0 heterocycles. The van der Waals surface area contributed by atoms with E-state index in [4.69, 9.17) is 0 Å². The van der Waals surface area contributed by atoms with Gasteiger partial charge in [0.05, 0.1) is 0 Å². The van der Waals surface area contributed by atoms with Crippen LogP contribution >= 0.6 is 0 Å². The van der Waals surface area contributed by atoms with E-state index < -0.39 is 0 Å². The van der Waals surface area contributed by atoms with Gasteiger partial charge in [0, 0.05) is 0 Å². The fraction of sp³-hybridized carbons (Fsp3) is 1.00. The number of rotatable bonds is 2. The zero-order chi connectivity index (χ0) is 27.6. The third-order valence-corrected chi connectivity index (χ3v) is 17.7. The molecule has 0 aromatic carbocycles. The summed E-state index contributed by atoms with van der Waals surface area (Å²) in [5.74, 6) is 18.2. The van der Waals surface area contributed by atoms with Crippen molar-refractivity contribution in [2.24, 2.45) is 94.7 Å². The Morgan fingerprint density at radius 3 is 1.17 bits per heavy atom. The third-order valence-electron chi connectivity index (χ3n) is 17.7. The second-order valence-electron chi connectivity index (χ2n) is 19.1. The summed E-state index contributed by atoms with van der Waals surface area (Å²) in [4.78, 5) is 0. The maximum atomic E-state index is 1.73. The van der Waals surface area contributed by atoms with Crippen LogP contribution in [-0.2, 0) is 0 Å². The van der Waals surface area contributed by atoms with Gasteiger partial charge in [-0.15, -0.1) is 0 Å². The van der Waals surface area contributed by atoms with Crippen LogP contribution in [0.1, 0.15) is 167 Å². The first-order chi connectivity index (χ1) is 20.8. The van der Waals surface area contributed by atoms with Crippen LogP contribution in [-0.4, -0.2) is 0 Å². The van der Waals surface area contributed by atoms with E-state index in [9.17, 15) is 0 Å². The van der Waals surface area contributed by atoms with E-state index in [1.165, 1.54) is 0 Å². The van der Waals surface area contributed by atoms with Crippen molar-refractivity contribution >= 4 is 0 Å². The van der Waals surface area contributed by atoms with E-state index in [1.54, 1.807) is 167 Å². The van der Waals surface area contributed by atoms with Crippen LogP contribution in [0, 0.1) is 94.7 Å². The van der Waals surface area contributed by atoms with Crippen molar-refractivity contribution in [1.82, 2.24) is 0 Å². The summed E-state index contributed by atoms with van der Waals surface area (Å²) in [6.07, 6.45) is 42.1. The minimum Gasteiger partial charge on any atom is -0.0533 e. The summed E-state index contributed by atoms with van der Waals surface area (Å²) >= 11 is 0. The Balaban J connectivity index is 1.08. The van der Waals surface area contributed by atoms with Crippen LogP contribution in [0.4, 0.5) is 0 Å². The Labute approximate surface area is 261 Å². The summed E-state index contributed by atoms with van der Waals surface area (Å²) in [6, 6.07) is 0. The fourth-order valence-corrected chi connectivity index (χ4v) is 16.4. The lowest BCUT2D eigenvalue weighted by atomic mass is 9.40. The molecule has 0 N–H and O–H groups in total. The first kappa shape index (κ1) is 28.2. The highest BCUT2D eigenvalue weighted by Gasteiger charge is 2.60. The third kappa shape index (κ3) is 4.94. The maximum absolute atomic E-state index is 1.73. The van der Waals surface area contributed by atoms with E-state index in [0.29, 0.717) is 0 Å². The molecule has 14 unspecified atom stereocenters. The Kier molecular flexibility index (Phi) is 8.06. The average molecular weight is 573 g/mol. The quantitative estimate of drug-likeness (QED) is 0.309. The molecular formula is C42H68. The number of hydrogen-bond donors (Lipinski definition) is 0. The Morgan fingerprint density at radius 2 is 0.595 bits per heavy atom. The van der Waals surface area contributed by atoms with Gasteiger partial charge >= 0.3 is 0 Å². The van der Waals surface area contributed by atoms with Gasteiger partial charge in [-0.3, -0.25) is 0 Å². The molecular weight excluding hydrogens is 504 g/mol. The minimum atomic E-state index is 1.12. The highest BCUT2D eigenvalue weighted by atomic mass is 14.7. The van der Waals surface area contributed by atoms with Crippen molar-refractivity contribution < 1.29 is 0 Å². The van der Waals surface area contributed by atoms with Crippen molar-refractivity contribution in [3.63, 3.8) is 0 Å². The molecule has 9 fully saturated rings. The van der Waals surface area contributed by atoms with Gasteiger partial charge in [0.1, 0.15) is 0 Å². The van der Waals surface area contributed by atoms with Gasteiger partial charge in [-0.2, -0.15) is 0 Å². The lowest BCUT2D eigenvalue weighted by Gasteiger charge is -2.65. The monoisotopic (exact) mass is 573 g/mol. The van der Waals surface area contributed by atoms with Gasteiger partial charge in [0.25, 0.3) is 0 Å². The maximum Gasteiger partial charge on any atom is -0.0323 e. The second-order valence-corrected chi connectivity index (χ2v) is 19.1. The average Bonchev–Trinajstić information content (AvgIpc) is 3.05. The van der Waals surface area contributed by atoms with Crippen molar-refractivity contribution in [3.8, 4) is 0 Å². The molecule has 14 atom stereocenters. The molecule has 42 heavy (non-hydrogen) atoms. The van der Waals surface area contributed by atoms with Crippen LogP contribution in [0.25, 0.3) is 0 Å². The fourth-order valence-electron chi connectivity index (χ4n) is 16.4. The highest BCUT2D eigenvalue weighted by molar-refractivity contribution is 5.09. The highest BCUT2D eigenvalue weighted by Crippen LogP contribution is 2.68. The SMILES string of the molecule is C1CCC(C2C3CC4CC5CCCCC5CC4CC3C(C3CCCCC3)C3CC4C(CCC5CCCCC54)CC32)CC1. The van der Waals surface area contributed by atoms with E-state index in [2.05, 4.69) is 0 Å². The first-order valence-corrected chi connectivity index (χ1v) is 20.8. The molecule has 0 heteroatoms. The Bertz CT molecular complexity index is 899. The van der Waals surface area contributed by atoms with Crippen molar-refractivity contribution in [2.45, 2.75) is 167 Å². The van der Waals surface area contributed by atoms with Gasteiger partial charge in [-0.05, 0) is 152 Å². The molecule has 236 valence electrons. The van der Waals surface area contributed by atoms with Crippen LogP contribution in [0.3, 0.4) is 0 Å². The predicted octanol–water partition coefficient (Wildman–Crippen LogP) is 12.1. The van der Waals surface area contributed by atoms with Crippen LogP contribution in [0.15, 0.2) is 0 Å². The summed E-state index contributed by atoms with van der Waals surface area (Å²) in [7, 11) is 0. The van der Waals surface area contributed by atoms with Gasteiger partial charge < -0.3 is 0 Å². The lowest BCUT2D eigenvalue weighted by molar-refractivity contribution is -0.164. The lowest BCUT2D eigenvalue weighted by Crippen LogP contribution is -2.58. The largest absolute Gasteiger partial charge is 0.0533 e. The van der Waals surface area contributed by atoms with Crippen LogP contribution < -0.4 is 0 Å². The van der Waals surface area contributed by atoms with Crippen molar-refractivity contribution in [1.29, 1.82) is 0 Å². The van der Waals surface area contributed by atoms with Crippen molar-refractivity contribution in [3.05, 3.63) is 0 Å². The summed E-state index contributed by atoms with van der Waals surface area (Å²) in [5, 5.41) is 0. The molecule has 0 aliphatic heterocycles. The summed E-state index contributed by atoms with van der Waals surface area (Å²) in [5.41, 5.74) is 0. The van der Waals surface area contributed by atoms with Gasteiger partial charge in [-0.25, -0.2) is 0 Å². The Morgan fingerprint density at radius 1 is 0.190 bits per heavy atom. The molecule has 0 nitrogen and oxygen atoms in total. The number of hydrogen-bond acceptors (Lipinski definition) is 0. The van der Waals surface area contributed by atoms with Crippen LogP contribution in [0.2, 0.25) is 0 Å². The summed E-state index contributed by atoms with van der Waals surface area (Å²) < 4.78 is 0. The minimum absolute atomic E-state index is 1.12. The molecule has 0 aromatic rings. The molecule has 0 saturated heterocycles. The smallest absolute Gasteiger partial charge is 0.0323 e. The molecule has 0 amide bonds. The molecule has 9 aliphatic carbocycles. The van der Waals surface area contributed by atoms with E-state index in [1.807, 2.05) is 0 Å². The molecule has 9 rings (SSSR count). The molecule has 0 spiro atoms. The van der Waals surface area contributed by atoms with Gasteiger partial charge in [0.2, 0.25) is 0 Å². The van der Waals surface area contributed by atoms with E-state index >= 15 is 0 Å². The van der Waals surface area contributed by atoms with Crippen LogP contribution in [0.5, 0.6) is 0 Å². The Hall–Kier alpha value is 0.